The van der Waals surface area contributed by atoms with Crippen molar-refractivity contribution in [3.05, 3.63) is 12.3 Å². The van der Waals surface area contributed by atoms with E-state index in [0.29, 0.717) is 6.54 Å². The zero-order valence-electron chi connectivity index (χ0n) is 7.78. The minimum Gasteiger partial charge on any atom is -0.478 e. The third-order valence-electron chi connectivity index (χ3n) is 1.46. The van der Waals surface area contributed by atoms with Crippen LogP contribution in [0, 0.1) is 0 Å². The van der Waals surface area contributed by atoms with E-state index in [0.717, 1.165) is 6.08 Å². The van der Waals surface area contributed by atoms with E-state index in [4.69, 9.17) is 5.11 Å². The van der Waals surface area contributed by atoms with Crippen LogP contribution in [0.2, 0.25) is 0 Å². The van der Waals surface area contributed by atoms with Crippen LogP contribution < -0.4 is 5.32 Å². The summed E-state index contributed by atoms with van der Waals surface area (Å²) in [7, 11) is 1.54. The van der Waals surface area contributed by atoms with Crippen molar-refractivity contribution < 1.29 is 14.7 Å². The molecule has 0 bridgehead atoms. The number of likely N-dealkylation sites (N-methyl/N-ethyl adjacent to an activating group) is 2. The van der Waals surface area contributed by atoms with E-state index in [1.54, 1.807) is 4.90 Å². The van der Waals surface area contributed by atoms with Crippen LogP contribution in [0.25, 0.3) is 0 Å². The number of carboxylic acid groups (broad SMARTS) is 1. The maximum Gasteiger partial charge on any atom is 0.329 e. The van der Waals surface area contributed by atoms with E-state index in [2.05, 4.69) is 5.32 Å². The molecule has 0 aromatic rings. The Labute approximate surface area is 77.0 Å². The molecule has 0 saturated heterocycles. The van der Waals surface area contributed by atoms with Crippen LogP contribution in [0.15, 0.2) is 12.3 Å². The molecule has 2 N–H and O–H groups in total. The second kappa shape index (κ2) is 6.05. The summed E-state index contributed by atoms with van der Waals surface area (Å²) < 4.78 is 0. The molecule has 0 saturated carbocycles. The normalized spacial score (nSPS) is 10.0. The van der Waals surface area contributed by atoms with Gasteiger partial charge in [-0.2, -0.15) is 0 Å². The van der Waals surface area contributed by atoms with Gasteiger partial charge in [0.05, 0.1) is 6.54 Å². The van der Waals surface area contributed by atoms with Gasteiger partial charge in [0.1, 0.15) is 0 Å². The van der Waals surface area contributed by atoms with Crippen LogP contribution in [0.5, 0.6) is 0 Å². The van der Waals surface area contributed by atoms with Gasteiger partial charge in [0.2, 0.25) is 5.91 Å². The summed E-state index contributed by atoms with van der Waals surface area (Å²) in [6, 6.07) is 0. The summed E-state index contributed by atoms with van der Waals surface area (Å²) in [5.74, 6) is -1.16. The fourth-order valence-electron chi connectivity index (χ4n) is 0.703. The molecule has 0 spiro atoms. The summed E-state index contributed by atoms with van der Waals surface area (Å²) in [6.45, 7) is 2.61. The fraction of sp³-hybridized carbons (Fsp3) is 0.500. The zero-order chi connectivity index (χ0) is 10.3. The molecule has 0 heterocycles. The number of nitrogens with one attached hydrogen (secondary N) is 1. The van der Waals surface area contributed by atoms with Crippen LogP contribution in [0.1, 0.15) is 6.92 Å². The smallest absolute Gasteiger partial charge is 0.329 e. The van der Waals surface area contributed by atoms with E-state index < -0.39 is 5.97 Å². The largest absolute Gasteiger partial charge is 0.478 e. The van der Waals surface area contributed by atoms with Crippen molar-refractivity contribution >= 4 is 11.9 Å². The van der Waals surface area contributed by atoms with Gasteiger partial charge in [0.25, 0.3) is 0 Å². The quantitative estimate of drug-likeness (QED) is 0.576. The van der Waals surface area contributed by atoms with Gasteiger partial charge in [-0.25, -0.2) is 4.79 Å². The average molecular weight is 186 g/mol. The van der Waals surface area contributed by atoms with Crippen LogP contribution >= 0.6 is 0 Å². The fourth-order valence-corrected chi connectivity index (χ4v) is 0.703. The van der Waals surface area contributed by atoms with Crippen LogP contribution in [-0.4, -0.2) is 42.0 Å². The van der Waals surface area contributed by atoms with Gasteiger partial charge >= 0.3 is 5.97 Å². The summed E-state index contributed by atoms with van der Waals surface area (Å²) in [6.07, 6.45) is 2.39. The predicted molar refractivity (Wildman–Crippen MR) is 48.1 cm³/mol. The molecule has 0 unspecified atom stereocenters. The first-order chi connectivity index (χ1) is 6.10. The summed E-state index contributed by atoms with van der Waals surface area (Å²) >= 11 is 0. The van der Waals surface area contributed by atoms with Gasteiger partial charge < -0.3 is 15.3 Å². The Morgan fingerprint density at radius 2 is 2.15 bits per heavy atom. The lowest BCUT2D eigenvalue weighted by molar-refractivity contribution is -0.131. The molecule has 1 amide bonds. The highest BCUT2D eigenvalue weighted by Crippen LogP contribution is 1.88. The van der Waals surface area contributed by atoms with Crippen LogP contribution in [-0.2, 0) is 9.59 Å². The molecular formula is C8H14N2O3. The zero-order valence-corrected chi connectivity index (χ0v) is 7.78. The molecular weight excluding hydrogens is 172 g/mol. The highest BCUT2D eigenvalue weighted by Gasteiger charge is 2.02. The number of aliphatic carboxylic acids is 1. The molecule has 0 aliphatic carbocycles. The number of carbonyl (C=O) groups excluding carboxylic acids is 1. The van der Waals surface area contributed by atoms with Crippen molar-refractivity contribution in [1.82, 2.24) is 10.2 Å². The standard InChI is InChI=1S/C8H14N2O3/c1-3-10(5-4-8(12)13)6-7(11)9-2/h4-5H,3,6H2,1-2H3,(H,9,11)(H,12,13). The molecule has 13 heavy (non-hydrogen) atoms. The summed E-state index contributed by atoms with van der Waals surface area (Å²) in [4.78, 5) is 22.7. The molecule has 5 nitrogen and oxygen atoms in total. The second-order valence-corrected chi connectivity index (χ2v) is 2.39. The van der Waals surface area contributed by atoms with Crippen molar-refractivity contribution in [2.45, 2.75) is 6.92 Å². The van der Waals surface area contributed by atoms with Crippen LogP contribution in [0.4, 0.5) is 0 Å². The Balaban J connectivity index is 4.03. The van der Waals surface area contributed by atoms with Gasteiger partial charge in [-0.3, -0.25) is 4.79 Å². The first-order valence-electron chi connectivity index (χ1n) is 3.96. The number of rotatable bonds is 5. The van der Waals surface area contributed by atoms with Crippen LogP contribution in [0.3, 0.4) is 0 Å². The van der Waals surface area contributed by atoms with E-state index in [1.807, 2.05) is 6.92 Å². The van der Waals surface area contributed by atoms with Gasteiger partial charge in [-0.1, -0.05) is 0 Å². The first kappa shape index (κ1) is 11.5. The molecule has 74 valence electrons. The number of carbonyl (C=O) groups is 2. The third kappa shape index (κ3) is 5.72. The summed E-state index contributed by atoms with van der Waals surface area (Å²) in [5.41, 5.74) is 0. The molecule has 0 fully saturated rings. The lowest BCUT2D eigenvalue weighted by Crippen LogP contribution is -2.32. The van der Waals surface area contributed by atoms with Crippen molar-refractivity contribution in [1.29, 1.82) is 0 Å². The molecule has 5 heteroatoms. The lowest BCUT2D eigenvalue weighted by atomic mass is 10.4. The number of nitrogens with zero attached hydrogens (tertiary/aromatic N) is 1. The molecule has 0 atom stereocenters. The molecule has 0 aliphatic rings. The Morgan fingerprint density at radius 3 is 2.54 bits per heavy atom. The third-order valence-corrected chi connectivity index (χ3v) is 1.46. The first-order valence-corrected chi connectivity index (χ1v) is 3.96. The van der Waals surface area contributed by atoms with E-state index >= 15 is 0 Å². The van der Waals surface area contributed by atoms with Crippen molar-refractivity contribution in [3.8, 4) is 0 Å². The Hall–Kier alpha value is -1.52. The second-order valence-electron chi connectivity index (χ2n) is 2.39. The monoisotopic (exact) mass is 186 g/mol. The Kier molecular flexibility index (Phi) is 5.34. The van der Waals surface area contributed by atoms with Crippen molar-refractivity contribution in [2.24, 2.45) is 0 Å². The Morgan fingerprint density at radius 1 is 1.54 bits per heavy atom. The van der Waals surface area contributed by atoms with Gasteiger partial charge in [0, 0.05) is 25.9 Å². The van der Waals surface area contributed by atoms with E-state index in [9.17, 15) is 9.59 Å². The lowest BCUT2D eigenvalue weighted by Gasteiger charge is -2.15. The number of hydrogen-bond donors (Lipinski definition) is 2. The molecule has 0 aliphatic heterocycles. The predicted octanol–water partition coefficient (Wildman–Crippen LogP) is -0.347. The summed E-state index contributed by atoms with van der Waals surface area (Å²) in [5, 5.41) is 10.8. The maximum atomic E-state index is 10.9. The van der Waals surface area contributed by atoms with Gasteiger partial charge in [-0.05, 0) is 6.92 Å². The minimum absolute atomic E-state index is 0.142. The molecule has 0 radical (unpaired) electrons. The van der Waals surface area contributed by atoms with Gasteiger partial charge in [0.15, 0.2) is 0 Å². The molecule has 0 rings (SSSR count). The number of hydrogen-bond acceptors (Lipinski definition) is 3. The minimum atomic E-state index is -1.02. The highest BCUT2D eigenvalue weighted by atomic mass is 16.4. The molecule has 0 aromatic heterocycles. The SMILES string of the molecule is CCN(C=CC(=O)O)CC(=O)NC. The van der Waals surface area contributed by atoms with Crippen molar-refractivity contribution in [2.75, 3.05) is 20.1 Å². The molecule has 0 aromatic carbocycles. The Bertz CT molecular complexity index is 213. The topological polar surface area (TPSA) is 69.6 Å². The number of amides is 1. The van der Waals surface area contributed by atoms with E-state index in [1.165, 1.54) is 13.2 Å². The van der Waals surface area contributed by atoms with Crippen molar-refractivity contribution in [3.63, 3.8) is 0 Å². The average Bonchev–Trinajstić information content (AvgIpc) is 2.11. The van der Waals surface area contributed by atoms with E-state index in [-0.39, 0.29) is 12.5 Å². The highest BCUT2D eigenvalue weighted by molar-refractivity contribution is 5.80. The van der Waals surface area contributed by atoms with Gasteiger partial charge in [-0.15, -0.1) is 0 Å². The number of carboxylic acids is 1. The maximum absolute atomic E-state index is 10.9.